The molecule has 1 atom stereocenters. The molecule has 72 valence electrons. The first-order valence-corrected chi connectivity index (χ1v) is 6.55. The van der Waals surface area contributed by atoms with Crippen LogP contribution in [0.5, 0.6) is 0 Å². The van der Waals surface area contributed by atoms with Crippen LogP contribution in [0.15, 0.2) is 0 Å². The maximum absolute atomic E-state index is 10.8. The van der Waals surface area contributed by atoms with Gasteiger partial charge in [-0.05, 0) is 32.2 Å². The Morgan fingerprint density at radius 2 is 2.25 bits per heavy atom. The lowest BCUT2D eigenvalue weighted by Crippen LogP contribution is -2.21. The van der Waals surface area contributed by atoms with Crippen LogP contribution in [0.3, 0.4) is 0 Å². The molecule has 0 saturated carbocycles. The molecule has 12 heavy (non-hydrogen) atoms. The van der Waals surface area contributed by atoms with Crippen molar-refractivity contribution in [3.8, 4) is 0 Å². The van der Waals surface area contributed by atoms with Gasteiger partial charge in [0, 0.05) is 18.1 Å². The van der Waals surface area contributed by atoms with Gasteiger partial charge in [0.25, 0.3) is 0 Å². The van der Waals surface area contributed by atoms with Gasteiger partial charge in [0.1, 0.15) is 9.84 Å². The van der Waals surface area contributed by atoms with E-state index in [9.17, 15) is 8.42 Å². The standard InChI is InChI=1S/C8H17NO2S/c1-12(10,11)7-3-5-8-4-2-6-9-8/h8-9H,2-7H2,1H3. The topological polar surface area (TPSA) is 46.2 Å². The van der Waals surface area contributed by atoms with Crippen LogP contribution in [0, 0.1) is 0 Å². The SMILES string of the molecule is CS(=O)(=O)CCCC1CCCN1. The Hall–Kier alpha value is -0.0900. The molecule has 0 radical (unpaired) electrons. The van der Waals surface area contributed by atoms with Crippen LogP contribution in [-0.2, 0) is 9.84 Å². The van der Waals surface area contributed by atoms with E-state index in [-0.39, 0.29) is 0 Å². The van der Waals surface area contributed by atoms with E-state index >= 15 is 0 Å². The van der Waals surface area contributed by atoms with E-state index in [1.165, 1.54) is 19.1 Å². The van der Waals surface area contributed by atoms with E-state index in [0.29, 0.717) is 11.8 Å². The Morgan fingerprint density at radius 3 is 2.75 bits per heavy atom. The summed E-state index contributed by atoms with van der Waals surface area (Å²) in [5, 5.41) is 3.35. The molecular formula is C8H17NO2S. The highest BCUT2D eigenvalue weighted by molar-refractivity contribution is 7.90. The van der Waals surface area contributed by atoms with Gasteiger partial charge >= 0.3 is 0 Å². The van der Waals surface area contributed by atoms with Crippen molar-refractivity contribution in [1.29, 1.82) is 0 Å². The Bertz CT molecular complexity index is 217. The Morgan fingerprint density at radius 1 is 1.50 bits per heavy atom. The Labute approximate surface area is 74.5 Å². The van der Waals surface area contributed by atoms with Crippen molar-refractivity contribution in [3.05, 3.63) is 0 Å². The molecule has 1 unspecified atom stereocenters. The Balaban J connectivity index is 2.09. The van der Waals surface area contributed by atoms with Crippen LogP contribution < -0.4 is 5.32 Å². The molecule has 3 nitrogen and oxygen atoms in total. The second-order valence-corrected chi connectivity index (χ2v) is 5.83. The van der Waals surface area contributed by atoms with Gasteiger partial charge in [0.15, 0.2) is 0 Å². The van der Waals surface area contributed by atoms with Crippen LogP contribution in [-0.4, -0.2) is 33.0 Å². The van der Waals surface area contributed by atoms with Crippen molar-refractivity contribution in [2.24, 2.45) is 0 Å². The van der Waals surface area contributed by atoms with Crippen molar-refractivity contribution in [3.63, 3.8) is 0 Å². The molecule has 0 bridgehead atoms. The molecule has 1 aliphatic heterocycles. The predicted molar refractivity (Wildman–Crippen MR) is 50.0 cm³/mol. The van der Waals surface area contributed by atoms with Crippen molar-refractivity contribution in [2.75, 3.05) is 18.6 Å². The number of rotatable bonds is 4. The summed E-state index contributed by atoms with van der Waals surface area (Å²) in [6.07, 6.45) is 5.56. The molecule has 1 saturated heterocycles. The van der Waals surface area contributed by atoms with Crippen molar-refractivity contribution in [1.82, 2.24) is 5.32 Å². The van der Waals surface area contributed by atoms with E-state index in [1.807, 2.05) is 0 Å². The van der Waals surface area contributed by atoms with Gasteiger partial charge in [-0.25, -0.2) is 8.42 Å². The summed E-state index contributed by atoms with van der Waals surface area (Å²) in [5.74, 6) is 0.338. The van der Waals surface area contributed by atoms with Crippen molar-refractivity contribution in [2.45, 2.75) is 31.7 Å². The molecule has 1 aliphatic rings. The zero-order valence-electron chi connectivity index (χ0n) is 7.54. The van der Waals surface area contributed by atoms with Gasteiger partial charge in [0.05, 0.1) is 0 Å². The smallest absolute Gasteiger partial charge is 0.147 e. The molecule has 1 rings (SSSR count). The van der Waals surface area contributed by atoms with Gasteiger partial charge in [-0.15, -0.1) is 0 Å². The van der Waals surface area contributed by atoms with Crippen LogP contribution in [0.25, 0.3) is 0 Å². The highest BCUT2D eigenvalue weighted by atomic mass is 32.2. The fourth-order valence-corrected chi connectivity index (χ4v) is 2.29. The molecule has 1 fully saturated rings. The minimum absolute atomic E-state index is 0.338. The normalized spacial score (nSPS) is 24.6. The van der Waals surface area contributed by atoms with Crippen molar-refractivity contribution >= 4 is 9.84 Å². The van der Waals surface area contributed by atoms with E-state index in [2.05, 4.69) is 5.32 Å². The zero-order valence-corrected chi connectivity index (χ0v) is 8.36. The van der Waals surface area contributed by atoms with Gasteiger partial charge in [-0.1, -0.05) is 0 Å². The summed E-state index contributed by atoms with van der Waals surface area (Å²) >= 11 is 0. The molecule has 0 spiro atoms. The highest BCUT2D eigenvalue weighted by Crippen LogP contribution is 2.10. The predicted octanol–water partition coefficient (Wildman–Crippen LogP) is 0.563. The first kappa shape index (κ1) is 9.99. The lowest BCUT2D eigenvalue weighted by atomic mass is 10.1. The van der Waals surface area contributed by atoms with E-state index in [1.54, 1.807) is 0 Å². The van der Waals surface area contributed by atoms with Crippen LogP contribution >= 0.6 is 0 Å². The maximum Gasteiger partial charge on any atom is 0.147 e. The molecule has 0 aromatic carbocycles. The monoisotopic (exact) mass is 191 g/mol. The number of sulfone groups is 1. The van der Waals surface area contributed by atoms with Crippen LogP contribution in [0.1, 0.15) is 25.7 Å². The molecule has 0 aromatic rings. The quantitative estimate of drug-likeness (QED) is 0.706. The minimum atomic E-state index is -2.74. The first-order valence-electron chi connectivity index (χ1n) is 4.49. The minimum Gasteiger partial charge on any atom is -0.314 e. The Kier molecular flexibility index (Phi) is 3.53. The number of hydrogen-bond acceptors (Lipinski definition) is 3. The maximum atomic E-state index is 10.8. The van der Waals surface area contributed by atoms with Crippen LogP contribution in [0.2, 0.25) is 0 Å². The van der Waals surface area contributed by atoms with Crippen molar-refractivity contribution < 1.29 is 8.42 Å². The third kappa shape index (κ3) is 4.07. The molecule has 0 amide bonds. The summed E-state index contributed by atoms with van der Waals surface area (Å²) in [6, 6.07) is 0.576. The molecule has 0 aliphatic carbocycles. The van der Waals surface area contributed by atoms with Gasteiger partial charge in [-0.3, -0.25) is 0 Å². The van der Waals surface area contributed by atoms with Crippen LogP contribution in [0.4, 0.5) is 0 Å². The van der Waals surface area contributed by atoms with E-state index in [0.717, 1.165) is 19.4 Å². The summed E-state index contributed by atoms with van der Waals surface area (Å²) in [7, 11) is -2.74. The lowest BCUT2D eigenvalue weighted by molar-refractivity contribution is 0.545. The molecule has 1 N–H and O–H groups in total. The molecule has 4 heteroatoms. The second kappa shape index (κ2) is 4.23. The first-order chi connectivity index (χ1) is 5.58. The second-order valence-electron chi connectivity index (χ2n) is 3.57. The summed E-state index contributed by atoms with van der Waals surface area (Å²) < 4.78 is 21.6. The van der Waals surface area contributed by atoms with E-state index in [4.69, 9.17) is 0 Å². The largest absolute Gasteiger partial charge is 0.314 e. The van der Waals surface area contributed by atoms with Gasteiger partial charge < -0.3 is 5.32 Å². The summed E-state index contributed by atoms with van der Waals surface area (Å²) in [5.41, 5.74) is 0. The summed E-state index contributed by atoms with van der Waals surface area (Å²) in [6.45, 7) is 1.10. The lowest BCUT2D eigenvalue weighted by Gasteiger charge is -2.08. The van der Waals surface area contributed by atoms with Gasteiger partial charge in [-0.2, -0.15) is 0 Å². The zero-order chi connectivity index (χ0) is 9.03. The average molecular weight is 191 g/mol. The number of hydrogen-bond donors (Lipinski definition) is 1. The summed E-state index contributed by atoms with van der Waals surface area (Å²) in [4.78, 5) is 0. The third-order valence-corrected chi connectivity index (χ3v) is 3.26. The fourth-order valence-electron chi connectivity index (χ4n) is 1.60. The van der Waals surface area contributed by atoms with E-state index < -0.39 is 9.84 Å². The average Bonchev–Trinajstić information content (AvgIpc) is 2.36. The molecular weight excluding hydrogens is 174 g/mol. The van der Waals surface area contributed by atoms with Gasteiger partial charge in [0.2, 0.25) is 0 Å². The third-order valence-electron chi connectivity index (χ3n) is 2.23. The number of nitrogens with one attached hydrogen (secondary N) is 1. The molecule has 0 aromatic heterocycles. The molecule has 1 heterocycles. The fraction of sp³-hybridized carbons (Fsp3) is 1.00. The highest BCUT2D eigenvalue weighted by Gasteiger charge is 2.13.